The molecule has 0 saturated heterocycles. The molecule has 0 amide bonds. The van der Waals surface area contributed by atoms with E-state index in [4.69, 9.17) is 16.7 Å². The summed E-state index contributed by atoms with van der Waals surface area (Å²) in [5.74, 6) is 0.150. The predicted molar refractivity (Wildman–Crippen MR) is 43.6 cm³/mol. The second-order valence-corrected chi connectivity index (χ2v) is 2.36. The Balaban J connectivity index is 0.000000810. The van der Waals surface area contributed by atoms with Crippen molar-refractivity contribution in [2.24, 2.45) is 0 Å². The van der Waals surface area contributed by atoms with Crippen LogP contribution >= 0.6 is 11.6 Å². The van der Waals surface area contributed by atoms with Crippen molar-refractivity contribution in [2.75, 3.05) is 0 Å². The van der Waals surface area contributed by atoms with Crippen LogP contribution in [0.1, 0.15) is 5.56 Å². The third kappa shape index (κ3) is 2.51. The second-order valence-electron chi connectivity index (χ2n) is 1.95. The second kappa shape index (κ2) is 4.24. The molecule has 0 saturated carbocycles. The zero-order valence-electron chi connectivity index (χ0n) is 6.06. The van der Waals surface area contributed by atoms with E-state index in [0.717, 1.165) is 5.56 Å². The number of benzene rings is 1. The molecule has 0 atom stereocenters. The first-order valence-corrected chi connectivity index (χ1v) is 3.03. The molecular formula is C7H7ClNaO. The molecule has 10 heavy (non-hydrogen) atoms. The zero-order chi connectivity index (χ0) is 6.85. The number of hydrogen-bond donors (Lipinski definition) is 1. The molecule has 49 valence electrons. The van der Waals surface area contributed by atoms with Gasteiger partial charge < -0.3 is 5.11 Å². The van der Waals surface area contributed by atoms with Crippen LogP contribution in [0.15, 0.2) is 18.2 Å². The molecule has 0 heterocycles. The fourth-order valence-electron chi connectivity index (χ4n) is 0.623. The molecule has 0 aliphatic rings. The first kappa shape index (κ1) is 10.3. The van der Waals surface area contributed by atoms with Gasteiger partial charge in [0, 0.05) is 29.6 Å². The molecule has 0 spiro atoms. The fourth-order valence-corrected chi connectivity index (χ4v) is 0.740. The van der Waals surface area contributed by atoms with Gasteiger partial charge in [0.2, 0.25) is 0 Å². The Bertz CT molecular complexity index is 225. The van der Waals surface area contributed by atoms with Gasteiger partial charge in [0.1, 0.15) is 5.75 Å². The quantitative estimate of drug-likeness (QED) is 0.583. The predicted octanol–water partition coefficient (Wildman–Crippen LogP) is 1.97. The van der Waals surface area contributed by atoms with E-state index in [1.54, 1.807) is 12.1 Å². The molecule has 0 fully saturated rings. The Morgan fingerprint density at radius 1 is 1.40 bits per heavy atom. The maximum absolute atomic E-state index is 8.97. The summed E-state index contributed by atoms with van der Waals surface area (Å²) in [4.78, 5) is 0. The van der Waals surface area contributed by atoms with Gasteiger partial charge >= 0.3 is 0 Å². The number of halogens is 1. The summed E-state index contributed by atoms with van der Waals surface area (Å²) in [6.07, 6.45) is 0. The van der Waals surface area contributed by atoms with Gasteiger partial charge in [-0.1, -0.05) is 17.7 Å². The van der Waals surface area contributed by atoms with E-state index in [1.165, 1.54) is 0 Å². The number of phenolic OH excluding ortho intramolecular Hbond substituents is 1. The van der Waals surface area contributed by atoms with Crippen LogP contribution in [0.3, 0.4) is 0 Å². The van der Waals surface area contributed by atoms with Crippen LogP contribution in [-0.4, -0.2) is 34.7 Å². The van der Waals surface area contributed by atoms with Gasteiger partial charge in [0.05, 0.1) is 5.02 Å². The van der Waals surface area contributed by atoms with E-state index < -0.39 is 0 Å². The average molecular weight is 166 g/mol. The summed E-state index contributed by atoms with van der Waals surface area (Å²) in [5.41, 5.74) is 1.01. The number of aromatic hydroxyl groups is 1. The molecule has 1 aromatic carbocycles. The van der Waals surface area contributed by atoms with Gasteiger partial charge in [0.15, 0.2) is 0 Å². The molecule has 3 heteroatoms. The van der Waals surface area contributed by atoms with E-state index in [2.05, 4.69) is 0 Å². The van der Waals surface area contributed by atoms with Crippen molar-refractivity contribution in [3.8, 4) is 5.75 Å². The van der Waals surface area contributed by atoms with Gasteiger partial charge in [-0.2, -0.15) is 0 Å². The van der Waals surface area contributed by atoms with Gasteiger partial charge in [0.25, 0.3) is 0 Å². The smallest absolute Gasteiger partial charge is 0.134 e. The van der Waals surface area contributed by atoms with E-state index in [1.807, 2.05) is 13.0 Å². The van der Waals surface area contributed by atoms with Gasteiger partial charge in [-0.3, -0.25) is 0 Å². The number of hydrogen-bond acceptors (Lipinski definition) is 1. The topological polar surface area (TPSA) is 20.2 Å². The molecule has 1 N–H and O–H groups in total. The Hall–Kier alpha value is 0.310. The van der Waals surface area contributed by atoms with Crippen molar-refractivity contribution in [1.29, 1.82) is 0 Å². The van der Waals surface area contributed by atoms with Crippen LogP contribution in [0.4, 0.5) is 0 Å². The third-order valence-corrected chi connectivity index (χ3v) is 1.42. The van der Waals surface area contributed by atoms with Crippen molar-refractivity contribution in [3.63, 3.8) is 0 Å². The van der Waals surface area contributed by atoms with Gasteiger partial charge in [-0.15, -0.1) is 0 Å². The van der Waals surface area contributed by atoms with Crippen molar-refractivity contribution in [1.82, 2.24) is 0 Å². The van der Waals surface area contributed by atoms with E-state index in [0.29, 0.717) is 5.02 Å². The summed E-state index contributed by atoms with van der Waals surface area (Å²) in [6, 6.07) is 5.15. The van der Waals surface area contributed by atoms with E-state index in [-0.39, 0.29) is 35.3 Å². The number of rotatable bonds is 0. The van der Waals surface area contributed by atoms with Gasteiger partial charge in [-0.05, 0) is 24.6 Å². The molecule has 0 aliphatic heterocycles. The van der Waals surface area contributed by atoms with Crippen molar-refractivity contribution < 1.29 is 5.11 Å². The monoisotopic (exact) mass is 165 g/mol. The van der Waals surface area contributed by atoms with Crippen molar-refractivity contribution in [2.45, 2.75) is 6.92 Å². The molecule has 0 aliphatic carbocycles. The molecule has 1 rings (SSSR count). The minimum Gasteiger partial charge on any atom is -0.506 e. The van der Waals surface area contributed by atoms with Crippen LogP contribution < -0.4 is 0 Å². The molecule has 1 aromatic rings. The molecule has 1 radical (unpaired) electrons. The molecule has 1 nitrogen and oxygen atoms in total. The molecular weight excluding hydrogens is 159 g/mol. The minimum atomic E-state index is 0. The van der Waals surface area contributed by atoms with Gasteiger partial charge in [-0.25, -0.2) is 0 Å². The zero-order valence-corrected chi connectivity index (χ0v) is 8.81. The third-order valence-electron chi connectivity index (χ3n) is 1.10. The van der Waals surface area contributed by atoms with E-state index >= 15 is 0 Å². The van der Waals surface area contributed by atoms with Crippen molar-refractivity contribution >= 4 is 41.2 Å². The van der Waals surface area contributed by atoms with Crippen LogP contribution in [0.5, 0.6) is 5.75 Å². The SMILES string of the molecule is Cc1ccc(Cl)c(O)c1.[Na]. The summed E-state index contributed by atoms with van der Waals surface area (Å²) < 4.78 is 0. The number of aryl methyl sites for hydroxylation is 1. The summed E-state index contributed by atoms with van der Waals surface area (Å²) in [6.45, 7) is 1.90. The largest absolute Gasteiger partial charge is 0.506 e. The Morgan fingerprint density at radius 2 is 2.00 bits per heavy atom. The first-order valence-electron chi connectivity index (χ1n) is 2.65. The molecule has 0 bridgehead atoms. The van der Waals surface area contributed by atoms with Crippen LogP contribution in [0.2, 0.25) is 5.02 Å². The van der Waals surface area contributed by atoms with Crippen LogP contribution in [-0.2, 0) is 0 Å². The standard InChI is InChI=1S/C7H7ClO.Na/c1-5-2-3-6(8)7(9)4-5;/h2-4,9H,1H3;. The van der Waals surface area contributed by atoms with Crippen LogP contribution in [0, 0.1) is 6.92 Å². The van der Waals surface area contributed by atoms with Crippen LogP contribution in [0.25, 0.3) is 0 Å². The normalized spacial score (nSPS) is 8.60. The average Bonchev–Trinajstić information content (AvgIpc) is 1.80. The summed E-state index contributed by atoms with van der Waals surface area (Å²) >= 11 is 5.53. The Morgan fingerprint density at radius 3 is 2.40 bits per heavy atom. The van der Waals surface area contributed by atoms with Crippen molar-refractivity contribution in [3.05, 3.63) is 28.8 Å². The van der Waals surface area contributed by atoms with E-state index in [9.17, 15) is 0 Å². The Labute approximate surface area is 87.3 Å². The maximum Gasteiger partial charge on any atom is 0.134 e. The Kier molecular flexibility index (Phi) is 4.37. The summed E-state index contributed by atoms with van der Waals surface area (Å²) in [5, 5.41) is 9.37. The minimum absolute atomic E-state index is 0. The number of phenols is 1. The fraction of sp³-hybridized carbons (Fsp3) is 0.143. The maximum atomic E-state index is 8.97. The molecule has 0 unspecified atom stereocenters. The molecule has 0 aromatic heterocycles. The summed E-state index contributed by atoms with van der Waals surface area (Å²) in [7, 11) is 0. The first-order chi connectivity index (χ1) is 4.20.